The summed E-state index contributed by atoms with van der Waals surface area (Å²) < 4.78 is 0. The minimum atomic E-state index is -0.367. The molecule has 2 aromatic rings. The molecule has 1 aliphatic rings. The summed E-state index contributed by atoms with van der Waals surface area (Å²) in [6.07, 6.45) is 0.886. The van der Waals surface area contributed by atoms with Crippen LogP contribution in [0.3, 0.4) is 0 Å². The topological polar surface area (TPSA) is 80.2 Å². The second-order valence-electron chi connectivity index (χ2n) is 7.46. The molecule has 2 heterocycles. The van der Waals surface area contributed by atoms with Crippen LogP contribution in [0.5, 0.6) is 0 Å². The van der Waals surface area contributed by atoms with Crippen LogP contribution in [0, 0.1) is 25.2 Å². The van der Waals surface area contributed by atoms with Crippen molar-refractivity contribution in [1.82, 2.24) is 14.8 Å². The van der Waals surface area contributed by atoms with Crippen LogP contribution in [0.15, 0.2) is 29.1 Å². The molecule has 3 rings (SSSR count). The molecule has 0 unspecified atom stereocenters. The number of carbonyl (C=O) groups is 1. The number of amides is 1. The maximum atomic E-state index is 12.7. The number of H-pyrrole nitrogens is 1. The lowest BCUT2D eigenvalue weighted by molar-refractivity contribution is -0.133. The van der Waals surface area contributed by atoms with E-state index in [0.717, 1.165) is 35.9 Å². The third-order valence-electron chi connectivity index (χ3n) is 5.53. The minimum absolute atomic E-state index is 0.107. The average Bonchev–Trinajstić information content (AvgIpc) is 2.68. The first-order valence-electron chi connectivity index (χ1n) is 9.76. The van der Waals surface area contributed by atoms with Crippen LogP contribution in [0.4, 0.5) is 0 Å². The van der Waals surface area contributed by atoms with Gasteiger partial charge in [0.25, 0.3) is 5.56 Å². The van der Waals surface area contributed by atoms with Crippen molar-refractivity contribution in [2.45, 2.75) is 33.2 Å². The fourth-order valence-corrected chi connectivity index (χ4v) is 4.07. The molecule has 0 bridgehead atoms. The zero-order valence-corrected chi connectivity index (χ0v) is 17.6. The zero-order chi connectivity index (χ0) is 21.0. The Morgan fingerprint density at radius 2 is 1.97 bits per heavy atom. The number of carbonyl (C=O) groups excluding carboxylic acids is 1. The molecule has 0 radical (unpaired) electrons. The standard InChI is InChI=1S/C22H25ClN4O2/c1-15-19(16(2)25-22(29)20(15)13-24)6-7-21(28)27-10-8-26(9-11-27)14-17-4-3-5-18(23)12-17/h3-5,12H,6-11,14H2,1-2H3,(H,25,29). The summed E-state index contributed by atoms with van der Waals surface area (Å²) >= 11 is 6.05. The van der Waals surface area contributed by atoms with Gasteiger partial charge < -0.3 is 9.88 Å². The smallest absolute Gasteiger partial charge is 0.266 e. The van der Waals surface area contributed by atoms with Crippen molar-refractivity contribution < 1.29 is 4.79 Å². The molecule has 0 spiro atoms. The number of pyridine rings is 1. The predicted molar refractivity (Wildman–Crippen MR) is 113 cm³/mol. The lowest BCUT2D eigenvalue weighted by Crippen LogP contribution is -2.48. The van der Waals surface area contributed by atoms with Gasteiger partial charge in [-0.25, -0.2) is 0 Å². The molecule has 6 nitrogen and oxygen atoms in total. The molecule has 1 aromatic heterocycles. The Morgan fingerprint density at radius 3 is 2.62 bits per heavy atom. The number of benzene rings is 1. The van der Waals surface area contributed by atoms with Crippen molar-refractivity contribution in [1.29, 1.82) is 5.26 Å². The third kappa shape index (κ3) is 5.06. The van der Waals surface area contributed by atoms with Gasteiger partial charge in [0, 0.05) is 49.9 Å². The van der Waals surface area contributed by atoms with Crippen molar-refractivity contribution in [3.05, 3.63) is 67.6 Å². The molecule has 1 amide bonds. The monoisotopic (exact) mass is 412 g/mol. The number of rotatable bonds is 5. The Morgan fingerprint density at radius 1 is 1.24 bits per heavy atom. The Bertz CT molecular complexity index is 1000. The van der Waals surface area contributed by atoms with Crippen molar-refractivity contribution in [3.8, 4) is 6.07 Å². The molecule has 1 aliphatic heterocycles. The fraction of sp³-hybridized carbons (Fsp3) is 0.409. The molecule has 29 heavy (non-hydrogen) atoms. The van der Waals surface area contributed by atoms with Crippen molar-refractivity contribution in [2.75, 3.05) is 26.2 Å². The second-order valence-corrected chi connectivity index (χ2v) is 7.89. The Labute approximate surface area is 175 Å². The van der Waals surface area contributed by atoms with Crippen LogP contribution in [-0.2, 0) is 17.8 Å². The van der Waals surface area contributed by atoms with Crippen LogP contribution in [-0.4, -0.2) is 46.9 Å². The molecule has 1 aromatic carbocycles. The summed E-state index contributed by atoms with van der Waals surface area (Å²) in [6.45, 7) is 7.47. The van der Waals surface area contributed by atoms with Gasteiger partial charge in [-0.3, -0.25) is 14.5 Å². The third-order valence-corrected chi connectivity index (χ3v) is 5.76. The maximum Gasteiger partial charge on any atom is 0.266 e. The van der Waals surface area contributed by atoms with E-state index in [2.05, 4.69) is 16.0 Å². The molecular formula is C22H25ClN4O2. The van der Waals surface area contributed by atoms with Gasteiger partial charge in [0.15, 0.2) is 0 Å². The van der Waals surface area contributed by atoms with E-state index >= 15 is 0 Å². The van der Waals surface area contributed by atoms with Gasteiger partial charge in [0.05, 0.1) is 0 Å². The maximum absolute atomic E-state index is 12.7. The van der Waals surface area contributed by atoms with Gasteiger partial charge in [0.2, 0.25) is 5.91 Å². The quantitative estimate of drug-likeness (QED) is 0.818. The van der Waals surface area contributed by atoms with Gasteiger partial charge in [-0.2, -0.15) is 5.26 Å². The van der Waals surface area contributed by atoms with E-state index in [4.69, 9.17) is 11.6 Å². The van der Waals surface area contributed by atoms with Crippen LogP contribution in [0.25, 0.3) is 0 Å². The SMILES string of the molecule is Cc1[nH]c(=O)c(C#N)c(C)c1CCC(=O)N1CCN(Cc2cccc(Cl)c2)CC1. The van der Waals surface area contributed by atoms with E-state index in [0.29, 0.717) is 31.5 Å². The Hall–Kier alpha value is -2.62. The highest BCUT2D eigenvalue weighted by atomic mass is 35.5. The zero-order valence-electron chi connectivity index (χ0n) is 16.8. The van der Waals surface area contributed by atoms with E-state index in [9.17, 15) is 14.9 Å². The molecule has 1 N–H and O–H groups in total. The minimum Gasteiger partial charge on any atom is -0.340 e. The number of nitriles is 1. The number of nitrogens with one attached hydrogen (secondary N) is 1. The number of aryl methyl sites for hydroxylation is 1. The highest BCUT2D eigenvalue weighted by Crippen LogP contribution is 2.17. The van der Waals surface area contributed by atoms with Gasteiger partial charge in [-0.15, -0.1) is 0 Å². The average molecular weight is 413 g/mol. The summed E-state index contributed by atoms with van der Waals surface area (Å²) in [6, 6.07) is 9.82. The van der Waals surface area contributed by atoms with Gasteiger partial charge in [0.1, 0.15) is 11.6 Å². The number of aromatic nitrogens is 1. The lowest BCUT2D eigenvalue weighted by Gasteiger charge is -2.35. The van der Waals surface area contributed by atoms with Crippen LogP contribution in [0.2, 0.25) is 5.02 Å². The summed E-state index contributed by atoms with van der Waals surface area (Å²) in [5, 5.41) is 9.92. The second kappa shape index (κ2) is 9.25. The summed E-state index contributed by atoms with van der Waals surface area (Å²) in [4.78, 5) is 31.5. The first kappa shape index (κ1) is 21.1. The molecule has 7 heteroatoms. The van der Waals surface area contributed by atoms with E-state index in [-0.39, 0.29) is 17.0 Å². The van der Waals surface area contributed by atoms with E-state index < -0.39 is 0 Å². The summed E-state index contributed by atoms with van der Waals surface area (Å²) in [5.41, 5.74) is 3.23. The number of piperazine rings is 1. The Balaban J connectivity index is 1.54. The van der Waals surface area contributed by atoms with Gasteiger partial charge in [-0.1, -0.05) is 23.7 Å². The van der Waals surface area contributed by atoms with Crippen LogP contribution >= 0.6 is 11.6 Å². The molecule has 0 atom stereocenters. The van der Waals surface area contributed by atoms with E-state index in [1.54, 1.807) is 6.92 Å². The van der Waals surface area contributed by atoms with Crippen molar-refractivity contribution in [3.63, 3.8) is 0 Å². The molecule has 0 saturated carbocycles. The van der Waals surface area contributed by atoms with E-state index in [1.807, 2.05) is 36.1 Å². The molecule has 1 saturated heterocycles. The number of halogens is 1. The first-order valence-corrected chi connectivity index (χ1v) is 10.1. The number of aromatic amines is 1. The molecular weight excluding hydrogens is 388 g/mol. The molecule has 152 valence electrons. The van der Waals surface area contributed by atoms with Gasteiger partial charge >= 0.3 is 0 Å². The predicted octanol–water partition coefficient (Wildman–Crippen LogP) is 2.79. The van der Waals surface area contributed by atoms with Crippen LogP contribution < -0.4 is 5.56 Å². The fourth-order valence-electron chi connectivity index (χ4n) is 3.86. The van der Waals surface area contributed by atoms with Crippen molar-refractivity contribution >= 4 is 17.5 Å². The number of hydrogen-bond acceptors (Lipinski definition) is 4. The summed E-state index contributed by atoms with van der Waals surface area (Å²) in [5.74, 6) is 0.107. The van der Waals surface area contributed by atoms with Crippen LogP contribution in [0.1, 0.15) is 34.4 Å². The lowest BCUT2D eigenvalue weighted by atomic mass is 9.99. The number of hydrogen-bond donors (Lipinski definition) is 1. The number of nitrogens with zero attached hydrogens (tertiary/aromatic N) is 3. The van der Waals surface area contributed by atoms with Crippen molar-refractivity contribution in [2.24, 2.45) is 0 Å². The Kier molecular flexibility index (Phi) is 6.73. The molecule has 1 fully saturated rings. The normalized spacial score (nSPS) is 14.6. The molecule has 0 aliphatic carbocycles. The largest absolute Gasteiger partial charge is 0.340 e. The first-order chi connectivity index (χ1) is 13.9. The highest BCUT2D eigenvalue weighted by molar-refractivity contribution is 6.30. The highest BCUT2D eigenvalue weighted by Gasteiger charge is 2.22. The van der Waals surface area contributed by atoms with Gasteiger partial charge in [-0.05, 0) is 49.1 Å². The summed E-state index contributed by atoms with van der Waals surface area (Å²) in [7, 11) is 0. The van der Waals surface area contributed by atoms with E-state index in [1.165, 1.54) is 5.56 Å².